The topological polar surface area (TPSA) is 61.8 Å². The maximum Gasteiger partial charge on any atom is 0.191 e. The number of anilines is 1. The van der Waals surface area contributed by atoms with Crippen LogP contribution in [0.5, 0.6) is 5.75 Å². The quantitative estimate of drug-likeness (QED) is 0.245. The number of benzene rings is 1. The van der Waals surface area contributed by atoms with Gasteiger partial charge in [-0.15, -0.1) is 24.0 Å². The highest BCUT2D eigenvalue weighted by Gasteiger charge is 2.12. The van der Waals surface area contributed by atoms with Crippen LogP contribution >= 0.6 is 24.0 Å². The molecule has 6 nitrogen and oxygen atoms in total. The van der Waals surface area contributed by atoms with Gasteiger partial charge in [0.25, 0.3) is 0 Å². The molecule has 0 unspecified atom stereocenters. The number of pyridine rings is 1. The summed E-state index contributed by atoms with van der Waals surface area (Å²) in [4.78, 5) is 11.6. The minimum absolute atomic E-state index is 0. The largest absolute Gasteiger partial charge is 0.492 e. The van der Waals surface area contributed by atoms with Crippen molar-refractivity contribution in [3.63, 3.8) is 0 Å². The zero-order valence-electron chi connectivity index (χ0n) is 17.1. The Kier molecular flexibility index (Phi) is 10.6. The number of rotatable bonds is 8. The molecule has 2 N–H and O–H groups in total. The van der Waals surface area contributed by atoms with Crippen LogP contribution in [0.1, 0.15) is 31.7 Å². The van der Waals surface area contributed by atoms with E-state index in [0.29, 0.717) is 19.7 Å². The minimum Gasteiger partial charge on any atom is -0.492 e. The van der Waals surface area contributed by atoms with Crippen LogP contribution in [-0.4, -0.2) is 43.7 Å². The third-order valence-electron chi connectivity index (χ3n) is 4.66. The van der Waals surface area contributed by atoms with Crippen molar-refractivity contribution in [3.8, 4) is 5.75 Å². The van der Waals surface area contributed by atoms with Gasteiger partial charge in [-0.05, 0) is 56.0 Å². The maximum absolute atomic E-state index is 5.72. The van der Waals surface area contributed by atoms with E-state index in [4.69, 9.17) is 9.73 Å². The molecule has 7 heteroatoms. The number of piperidine rings is 1. The lowest BCUT2D eigenvalue weighted by atomic mass is 10.1. The van der Waals surface area contributed by atoms with Crippen molar-refractivity contribution in [1.82, 2.24) is 15.6 Å². The van der Waals surface area contributed by atoms with E-state index < -0.39 is 0 Å². The van der Waals surface area contributed by atoms with Crippen LogP contribution in [0.4, 0.5) is 5.82 Å². The number of aliphatic imine (C=N–C) groups is 1. The molecule has 1 saturated heterocycles. The number of ether oxygens (including phenoxy) is 1. The van der Waals surface area contributed by atoms with Crippen LogP contribution in [0.25, 0.3) is 0 Å². The van der Waals surface area contributed by atoms with Crippen LogP contribution in [0.3, 0.4) is 0 Å². The first-order valence-electron chi connectivity index (χ1n) is 10.2. The Morgan fingerprint density at radius 3 is 2.66 bits per heavy atom. The fraction of sp³-hybridized carbons (Fsp3) is 0.455. The summed E-state index contributed by atoms with van der Waals surface area (Å²) in [5.41, 5.74) is 1.17. The van der Waals surface area contributed by atoms with Gasteiger partial charge in [-0.3, -0.25) is 0 Å². The van der Waals surface area contributed by atoms with Crippen molar-refractivity contribution in [1.29, 1.82) is 0 Å². The molecule has 1 aliphatic heterocycles. The molecular weight excluding hydrogens is 477 g/mol. The van der Waals surface area contributed by atoms with Crippen molar-refractivity contribution in [2.75, 3.05) is 37.7 Å². The number of halogens is 1. The minimum atomic E-state index is 0. The Morgan fingerprint density at radius 1 is 1.10 bits per heavy atom. The van der Waals surface area contributed by atoms with E-state index in [1.165, 1.54) is 24.8 Å². The number of hydrogen-bond donors (Lipinski definition) is 2. The van der Waals surface area contributed by atoms with Crippen LogP contribution < -0.4 is 20.3 Å². The van der Waals surface area contributed by atoms with Gasteiger partial charge in [0.05, 0.1) is 13.1 Å². The van der Waals surface area contributed by atoms with Crippen molar-refractivity contribution in [2.24, 2.45) is 4.99 Å². The fourth-order valence-corrected chi connectivity index (χ4v) is 3.22. The van der Waals surface area contributed by atoms with Crippen molar-refractivity contribution in [2.45, 2.75) is 32.7 Å². The van der Waals surface area contributed by atoms with E-state index in [1.54, 1.807) is 0 Å². The number of nitrogens with zero attached hydrogens (tertiary/aromatic N) is 3. The molecule has 0 bridgehead atoms. The average Bonchev–Trinajstić information content (AvgIpc) is 2.76. The van der Waals surface area contributed by atoms with Gasteiger partial charge in [0.2, 0.25) is 0 Å². The molecule has 1 aromatic heterocycles. The predicted molar refractivity (Wildman–Crippen MR) is 130 cm³/mol. The third-order valence-corrected chi connectivity index (χ3v) is 4.66. The molecule has 0 radical (unpaired) electrons. The van der Waals surface area contributed by atoms with Crippen molar-refractivity contribution in [3.05, 3.63) is 54.2 Å². The number of para-hydroxylation sites is 1. The summed E-state index contributed by atoms with van der Waals surface area (Å²) in [6.07, 6.45) is 5.72. The van der Waals surface area contributed by atoms with Gasteiger partial charge < -0.3 is 20.3 Å². The molecule has 2 aromatic rings. The Labute approximate surface area is 191 Å². The van der Waals surface area contributed by atoms with Crippen molar-refractivity contribution < 1.29 is 4.74 Å². The number of guanidine groups is 1. The lowest BCUT2D eigenvalue weighted by molar-refractivity contribution is 0.322. The second-order valence-electron chi connectivity index (χ2n) is 6.85. The van der Waals surface area contributed by atoms with E-state index in [1.807, 2.05) is 42.6 Å². The molecule has 0 aliphatic carbocycles. The highest BCUT2D eigenvalue weighted by Crippen LogP contribution is 2.18. The lowest BCUT2D eigenvalue weighted by Gasteiger charge is -2.27. The summed E-state index contributed by atoms with van der Waals surface area (Å²) in [7, 11) is 0. The maximum atomic E-state index is 5.72. The smallest absolute Gasteiger partial charge is 0.191 e. The second-order valence-corrected chi connectivity index (χ2v) is 6.85. The van der Waals surface area contributed by atoms with E-state index >= 15 is 0 Å². The Morgan fingerprint density at radius 2 is 1.90 bits per heavy atom. The van der Waals surface area contributed by atoms with Crippen LogP contribution in [0.15, 0.2) is 53.7 Å². The molecule has 0 amide bonds. The molecule has 0 saturated carbocycles. The van der Waals surface area contributed by atoms with E-state index in [2.05, 4.69) is 33.5 Å². The van der Waals surface area contributed by atoms with Gasteiger partial charge >= 0.3 is 0 Å². The standard InChI is InChI=1S/C22H31N5O.HI/c1-2-23-22(25-13-16-28-20-9-5-3-6-10-20)26-18-19-11-12-24-21(17-19)27-14-7-4-8-15-27;/h3,5-6,9-12,17H,2,4,7-8,13-16,18H2,1H3,(H2,23,25,26);1H. The zero-order chi connectivity index (χ0) is 19.4. The molecular formula is C22H32IN5O. The highest BCUT2D eigenvalue weighted by atomic mass is 127. The molecule has 0 atom stereocenters. The number of nitrogens with one attached hydrogen (secondary N) is 2. The van der Waals surface area contributed by atoms with Crippen LogP contribution in [0.2, 0.25) is 0 Å². The van der Waals surface area contributed by atoms with Gasteiger partial charge in [-0.1, -0.05) is 18.2 Å². The lowest BCUT2D eigenvalue weighted by Crippen LogP contribution is -2.39. The predicted octanol–water partition coefficient (Wildman–Crippen LogP) is 3.82. The first-order chi connectivity index (χ1) is 13.8. The molecule has 0 spiro atoms. The fourth-order valence-electron chi connectivity index (χ4n) is 3.22. The highest BCUT2D eigenvalue weighted by molar-refractivity contribution is 14.0. The van der Waals surface area contributed by atoms with Crippen LogP contribution in [0, 0.1) is 0 Å². The molecule has 29 heavy (non-hydrogen) atoms. The van der Waals surface area contributed by atoms with Crippen molar-refractivity contribution >= 4 is 35.8 Å². The van der Waals surface area contributed by atoms with Gasteiger partial charge in [0.1, 0.15) is 18.2 Å². The summed E-state index contributed by atoms with van der Waals surface area (Å²) in [5, 5.41) is 6.61. The molecule has 2 heterocycles. The zero-order valence-corrected chi connectivity index (χ0v) is 19.5. The van der Waals surface area contributed by atoms with Gasteiger partial charge in [0.15, 0.2) is 5.96 Å². The Balaban J connectivity index is 0.00000300. The summed E-state index contributed by atoms with van der Waals surface area (Å²) in [5.74, 6) is 2.75. The summed E-state index contributed by atoms with van der Waals surface area (Å²) < 4.78 is 5.72. The first-order valence-corrected chi connectivity index (χ1v) is 10.2. The van der Waals surface area contributed by atoms with Gasteiger partial charge in [0, 0.05) is 25.8 Å². The Hall–Kier alpha value is -2.03. The SMILES string of the molecule is CCNC(=NCc1ccnc(N2CCCCC2)c1)NCCOc1ccccc1.I. The molecule has 1 aliphatic rings. The van der Waals surface area contributed by atoms with E-state index in [9.17, 15) is 0 Å². The molecule has 1 fully saturated rings. The van der Waals surface area contributed by atoms with Crippen LogP contribution in [-0.2, 0) is 6.54 Å². The molecule has 1 aromatic carbocycles. The molecule has 158 valence electrons. The summed E-state index contributed by atoms with van der Waals surface area (Å²) >= 11 is 0. The monoisotopic (exact) mass is 509 g/mol. The number of hydrogen-bond acceptors (Lipinski definition) is 4. The molecule has 3 rings (SSSR count). The second kappa shape index (κ2) is 13.2. The van der Waals surface area contributed by atoms with E-state index in [-0.39, 0.29) is 24.0 Å². The van der Waals surface area contributed by atoms with Gasteiger partial charge in [-0.25, -0.2) is 9.98 Å². The third kappa shape index (κ3) is 8.08. The number of aromatic nitrogens is 1. The first kappa shape index (κ1) is 23.3. The normalized spacial score (nSPS) is 14.1. The summed E-state index contributed by atoms with van der Waals surface area (Å²) in [6.45, 7) is 6.99. The Bertz CT molecular complexity index is 735. The van der Waals surface area contributed by atoms with Gasteiger partial charge in [-0.2, -0.15) is 0 Å². The average molecular weight is 509 g/mol. The summed E-state index contributed by atoms with van der Waals surface area (Å²) in [6, 6.07) is 14.1. The van der Waals surface area contributed by atoms with E-state index in [0.717, 1.165) is 37.2 Å².